The maximum atomic E-state index is 13.6. The number of hydrogen-bond acceptors (Lipinski definition) is 5. The second-order valence-electron chi connectivity index (χ2n) is 8.99. The molecule has 2 aliphatic rings. The lowest BCUT2D eigenvalue weighted by atomic mass is 10.1. The van der Waals surface area contributed by atoms with Crippen molar-refractivity contribution in [2.45, 2.75) is 45.3 Å². The van der Waals surface area contributed by atoms with Crippen LogP contribution in [0, 0.1) is 5.82 Å². The normalized spacial score (nSPS) is 16.3. The number of benzene rings is 2. The molecule has 2 aromatic carbocycles. The second kappa shape index (κ2) is 9.93. The standard InChI is InChI=1S/C27H27FN4O4/c1-2-36-27(35)31-14-13-21-23(15-31)30-25(18-7-10-19(28)11-8-18)32(26(21)34)16-24(33)29-22-12-9-17-5-3-4-6-20(17)22/h3-8,10-11,22H,2,9,12-16H2,1H3,(H,29,33). The minimum Gasteiger partial charge on any atom is -0.450 e. The number of halogens is 1. The topological polar surface area (TPSA) is 93.5 Å². The van der Waals surface area contributed by atoms with E-state index in [2.05, 4.69) is 11.4 Å². The Kier molecular flexibility index (Phi) is 6.54. The van der Waals surface area contributed by atoms with Crippen LogP contribution < -0.4 is 10.9 Å². The number of nitrogens with one attached hydrogen (secondary N) is 1. The van der Waals surface area contributed by atoms with Gasteiger partial charge in [0.15, 0.2) is 0 Å². The fraction of sp³-hybridized carbons (Fsp3) is 0.333. The van der Waals surface area contributed by atoms with E-state index in [0.717, 1.165) is 18.4 Å². The number of fused-ring (bicyclic) bond motifs is 2. The maximum Gasteiger partial charge on any atom is 0.410 e. The number of aromatic nitrogens is 2. The SMILES string of the molecule is CCOC(=O)N1CCc2c(nc(-c3ccc(F)cc3)n(CC(=O)NC3CCc4ccccc43)c2=O)C1. The molecular formula is C27H27FN4O4. The van der Waals surface area contributed by atoms with E-state index in [4.69, 9.17) is 9.72 Å². The van der Waals surface area contributed by atoms with E-state index >= 15 is 0 Å². The highest BCUT2D eigenvalue weighted by Gasteiger charge is 2.29. The first kappa shape index (κ1) is 23.7. The van der Waals surface area contributed by atoms with Crippen molar-refractivity contribution in [1.29, 1.82) is 0 Å². The fourth-order valence-electron chi connectivity index (χ4n) is 4.95. The number of nitrogens with zero attached hydrogens (tertiary/aromatic N) is 3. The Morgan fingerprint density at radius 1 is 1.14 bits per heavy atom. The van der Waals surface area contributed by atoms with Crippen LogP contribution in [0.15, 0.2) is 53.3 Å². The fourth-order valence-corrected chi connectivity index (χ4v) is 4.95. The molecule has 8 nitrogen and oxygen atoms in total. The van der Waals surface area contributed by atoms with Crippen LogP contribution in [0.2, 0.25) is 0 Å². The first-order valence-electron chi connectivity index (χ1n) is 12.1. The molecule has 0 fully saturated rings. The third kappa shape index (κ3) is 4.60. The Morgan fingerprint density at radius 3 is 2.69 bits per heavy atom. The molecule has 1 aliphatic heterocycles. The molecule has 0 bridgehead atoms. The van der Waals surface area contributed by atoms with Gasteiger partial charge in [0.25, 0.3) is 5.56 Å². The predicted molar refractivity (Wildman–Crippen MR) is 131 cm³/mol. The van der Waals surface area contributed by atoms with Gasteiger partial charge in [0.1, 0.15) is 18.2 Å². The van der Waals surface area contributed by atoms with E-state index < -0.39 is 11.9 Å². The van der Waals surface area contributed by atoms with Crippen molar-refractivity contribution in [3.05, 3.63) is 87.1 Å². The van der Waals surface area contributed by atoms with E-state index in [1.807, 2.05) is 18.2 Å². The van der Waals surface area contributed by atoms with Gasteiger partial charge in [-0.05, 0) is 61.6 Å². The minimum absolute atomic E-state index is 0.109. The van der Waals surface area contributed by atoms with Gasteiger partial charge in [0.05, 0.1) is 24.9 Å². The lowest BCUT2D eigenvalue weighted by molar-refractivity contribution is -0.122. The smallest absolute Gasteiger partial charge is 0.410 e. The third-order valence-corrected chi connectivity index (χ3v) is 6.72. The summed E-state index contributed by atoms with van der Waals surface area (Å²) in [5.74, 6) is -0.462. The molecule has 0 saturated carbocycles. The van der Waals surface area contributed by atoms with Crippen molar-refractivity contribution in [3.63, 3.8) is 0 Å². The Bertz CT molecular complexity index is 1370. The number of carbonyl (C=O) groups excluding carboxylic acids is 2. The van der Waals surface area contributed by atoms with Crippen LogP contribution in [-0.2, 0) is 35.5 Å². The molecule has 1 aromatic heterocycles. The average Bonchev–Trinajstić information content (AvgIpc) is 3.28. The van der Waals surface area contributed by atoms with Crippen LogP contribution in [0.1, 0.15) is 41.8 Å². The van der Waals surface area contributed by atoms with Crippen molar-refractivity contribution in [1.82, 2.24) is 19.8 Å². The Labute approximate surface area is 207 Å². The summed E-state index contributed by atoms with van der Waals surface area (Å²) < 4.78 is 20.1. The molecule has 186 valence electrons. The highest BCUT2D eigenvalue weighted by Crippen LogP contribution is 2.30. The number of ether oxygens (including phenoxy) is 1. The van der Waals surface area contributed by atoms with E-state index in [1.54, 1.807) is 6.92 Å². The van der Waals surface area contributed by atoms with Crippen LogP contribution in [-0.4, -0.2) is 39.6 Å². The largest absolute Gasteiger partial charge is 0.450 e. The van der Waals surface area contributed by atoms with Gasteiger partial charge in [0.2, 0.25) is 5.91 Å². The van der Waals surface area contributed by atoms with Gasteiger partial charge >= 0.3 is 6.09 Å². The summed E-state index contributed by atoms with van der Waals surface area (Å²) in [6, 6.07) is 13.5. The van der Waals surface area contributed by atoms with Gasteiger partial charge in [-0.1, -0.05) is 24.3 Å². The molecule has 0 saturated heterocycles. The number of aryl methyl sites for hydroxylation is 1. The van der Waals surface area contributed by atoms with Crippen LogP contribution in [0.4, 0.5) is 9.18 Å². The van der Waals surface area contributed by atoms with E-state index in [9.17, 15) is 18.8 Å². The van der Waals surface area contributed by atoms with Gasteiger partial charge in [-0.15, -0.1) is 0 Å². The van der Waals surface area contributed by atoms with E-state index in [-0.39, 0.29) is 43.0 Å². The molecule has 1 unspecified atom stereocenters. The lowest BCUT2D eigenvalue weighted by Gasteiger charge is -2.28. The van der Waals surface area contributed by atoms with Gasteiger partial charge in [-0.3, -0.25) is 14.2 Å². The summed E-state index contributed by atoms with van der Waals surface area (Å²) in [5, 5.41) is 3.06. The zero-order chi connectivity index (χ0) is 25.2. The summed E-state index contributed by atoms with van der Waals surface area (Å²) in [5.41, 5.74) is 3.42. The summed E-state index contributed by atoms with van der Waals surface area (Å²) in [6.07, 6.45) is 1.53. The number of hydrogen-bond donors (Lipinski definition) is 1. The minimum atomic E-state index is -0.464. The first-order chi connectivity index (χ1) is 17.4. The molecule has 2 heterocycles. The number of amides is 2. The molecule has 36 heavy (non-hydrogen) atoms. The quantitative estimate of drug-likeness (QED) is 0.592. The Hall–Kier alpha value is -4.01. The van der Waals surface area contributed by atoms with E-state index in [1.165, 1.54) is 39.3 Å². The van der Waals surface area contributed by atoms with E-state index in [0.29, 0.717) is 29.8 Å². The summed E-state index contributed by atoms with van der Waals surface area (Å²) in [7, 11) is 0. The van der Waals surface area contributed by atoms with Crippen molar-refractivity contribution in [3.8, 4) is 11.4 Å². The van der Waals surface area contributed by atoms with Crippen molar-refractivity contribution >= 4 is 12.0 Å². The Balaban J connectivity index is 1.47. The molecule has 1 atom stereocenters. The van der Waals surface area contributed by atoms with Gasteiger partial charge in [0, 0.05) is 17.7 Å². The van der Waals surface area contributed by atoms with Crippen LogP contribution in [0.3, 0.4) is 0 Å². The van der Waals surface area contributed by atoms with Crippen LogP contribution in [0.5, 0.6) is 0 Å². The first-order valence-corrected chi connectivity index (χ1v) is 12.1. The lowest BCUT2D eigenvalue weighted by Crippen LogP contribution is -2.42. The monoisotopic (exact) mass is 490 g/mol. The summed E-state index contributed by atoms with van der Waals surface area (Å²) in [6.45, 7) is 2.21. The molecule has 9 heteroatoms. The maximum absolute atomic E-state index is 13.6. The predicted octanol–water partition coefficient (Wildman–Crippen LogP) is 3.37. The molecular weight excluding hydrogens is 463 g/mol. The summed E-state index contributed by atoms with van der Waals surface area (Å²) in [4.78, 5) is 45.2. The molecule has 1 N–H and O–H groups in total. The molecule has 0 radical (unpaired) electrons. The number of rotatable bonds is 5. The molecule has 3 aromatic rings. The molecule has 0 spiro atoms. The van der Waals surface area contributed by atoms with Crippen LogP contribution in [0.25, 0.3) is 11.4 Å². The van der Waals surface area contributed by atoms with Crippen LogP contribution >= 0.6 is 0 Å². The Morgan fingerprint density at radius 2 is 1.92 bits per heavy atom. The average molecular weight is 491 g/mol. The zero-order valence-corrected chi connectivity index (χ0v) is 20.0. The van der Waals surface area contributed by atoms with Crippen molar-refractivity contribution < 1.29 is 18.7 Å². The van der Waals surface area contributed by atoms with Crippen molar-refractivity contribution in [2.75, 3.05) is 13.2 Å². The number of carbonyl (C=O) groups is 2. The van der Waals surface area contributed by atoms with Crippen molar-refractivity contribution in [2.24, 2.45) is 0 Å². The second-order valence-corrected chi connectivity index (χ2v) is 8.99. The molecule has 1 aliphatic carbocycles. The zero-order valence-electron chi connectivity index (χ0n) is 20.0. The molecule has 2 amide bonds. The highest BCUT2D eigenvalue weighted by molar-refractivity contribution is 5.77. The van der Waals surface area contributed by atoms with Gasteiger partial charge < -0.3 is 15.0 Å². The summed E-state index contributed by atoms with van der Waals surface area (Å²) >= 11 is 0. The molecule has 5 rings (SSSR count). The highest BCUT2D eigenvalue weighted by atomic mass is 19.1. The van der Waals surface area contributed by atoms with Gasteiger partial charge in [-0.2, -0.15) is 0 Å². The third-order valence-electron chi connectivity index (χ3n) is 6.72. The van der Waals surface area contributed by atoms with Gasteiger partial charge in [-0.25, -0.2) is 14.2 Å².